The van der Waals surface area contributed by atoms with Gasteiger partial charge in [-0.15, -0.1) is 0 Å². The summed E-state index contributed by atoms with van der Waals surface area (Å²) in [5, 5.41) is 9.21. The second-order valence-corrected chi connectivity index (χ2v) is 5.69. The van der Waals surface area contributed by atoms with Gasteiger partial charge in [-0.2, -0.15) is 11.8 Å². The smallest absolute Gasteiger partial charge is 0.254 e. The van der Waals surface area contributed by atoms with Crippen molar-refractivity contribution in [3.63, 3.8) is 0 Å². The Balaban J connectivity index is 2.96. The summed E-state index contributed by atoms with van der Waals surface area (Å²) in [4.78, 5) is 14.5. The van der Waals surface area contributed by atoms with E-state index in [1.807, 2.05) is 24.3 Å². The van der Waals surface area contributed by atoms with Crippen molar-refractivity contribution in [2.24, 2.45) is 0 Å². The molecule has 0 bridgehead atoms. The molecule has 0 aromatic heterocycles. The van der Waals surface area contributed by atoms with Gasteiger partial charge >= 0.3 is 0 Å². The first-order valence-electron chi connectivity index (χ1n) is 7.17. The van der Waals surface area contributed by atoms with E-state index < -0.39 is 0 Å². The second-order valence-electron chi connectivity index (χ2n) is 4.83. The van der Waals surface area contributed by atoms with Gasteiger partial charge in [-0.25, -0.2) is 0 Å². The zero-order valence-corrected chi connectivity index (χ0v) is 13.4. The van der Waals surface area contributed by atoms with Gasteiger partial charge < -0.3 is 10.0 Å². The van der Waals surface area contributed by atoms with Gasteiger partial charge in [-0.05, 0) is 36.8 Å². The maximum Gasteiger partial charge on any atom is 0.254 e. The maximum atomic E-state index is 12.7. The van der Waals surface area contributed by atoms with Gasteiger partial charge in [-0.1, -0.05) is 26.0 Å². The summed E-state index contributed by atoms with van der Waals surface area (Å²) in [6, 6.07) is 7.99. The number of amides is 1. The Kier molecular flexibility index (Phi) is 7.70. The molecular weight excluding hydrogens is 270 g/mol. The predicted molar refractivity (Wildman–Crippen MR) is 86.2 cm³/mol. The maximum absolute atomic E-state index is 12.7. The van der Waals surface area contributed by atoms with E-state index in [0.717, 1.165) is 29.7 Å². The summed E-state index contributed by atoms with van der Waals surface area (Å²) in [6.07, 6.45) is 3.87. The van der Waals surface area contributed by atoms with E-state index in [1.54, 1.807) is 16.7 Å². The first-order chi connectivity index (χ1) is 9.67. The fourth-order valence-electron chi connectivity index (χ4n) is 2.41. The normalized spacial score (nSPS) is 10.8. The number of carbonyl (C=O) groups excluding carboxylic acids is 1. The van der Waals surface area contributed by atoms with Gasteiger partial charge in [0.05, 0.1) is 6.61 Å². The van der Waals surface area contributed by atoms with E-state index in [-0.39, 0.29) is 18.6 Å². The Labute approximate surface area is 126 Å². The molecule has 0 aliphatic carbocycles. The fourth-order valence-corrected chi connectivity index (χ4v) is 2.93. The lowest BCUT2D eigenvalue weighted by molar-refractivity contribution is 0.0622. The third-order valence-corrected chi connectivity index (χ3v) is 4.09. The molecule has 112 valence electrons. The molecular formula is C16H25NO2S. The summed E-state index contributed by atoms with van der Waals surface area (Å²) in [5.41, 5.74) is 1.88. The van der Waals surface area contributed by atoms with Crippen LogP contribution in [-0.2, 0) is 5.75 Å². The molecule has 0 atom stereocenters. The van der Waals surface area contributed by atoms with Crippen LogP contribution in [0.4, 0.5) is 0 Å². The molecule has 0 unspecified atom stereocenters. The summed E-state index contributed by atoms with van der Waals surface area (Å²) in [7, 11) is 0. The van der Waals surface area contributed by atoms with Crippen LogP contribution < -0.4 is 0 Å². The van der Waals surface area contributed by atoms with Crippen molar-refractivity contribution < 1.29 is 9.90 Å². The molecule has 0 aliphatic rings. The van der Waals surface area contributed by atoms with Crippen LogP contribution in [0.25, 0.3) is 0 Å². The first kappa shape index (κ1) is 17.1. The van der Waals surface area contributed by atoms with Gasteiger partial charge in [0.2, 0.25) is 0 Å². The lowest BCUT2D eigenvalue weighted by atomic mass is 10.1. The third kappa shape index (κ3) is 4.53. The highest BCUT2D eigenvalue weighted by Crippen LogP contribution is 2.16. The van der Waals surface area contributed by atoms with Crippen LogP contribution in [0.5, 0.6) is 0 Å². The predicted octanol–water partition coefficient (Wildman–Crippen LogP) is 3.17. The molecule has 0 heterocycles. The highest BCUT2D eigenvalue weighted by Gasteiger charge is 2.21. The Bertz CT molecular complexity index is 419. The molecule has 3 nitrogen and oxygen atoms in total. The number of hydrogen-bond donors (Lipinski definition) is 1. The number of benzene rings is 1. The number of carbonyl (C=O) groups is 1. The van der Waals surface area contributed by atoms with Gasteiger partial charge in [0.25, 0.3) is 5.91 Å². The van der Waals surface area contributed by atoms with E-state index in [1.165, 1.54) is 0 Å². The van der Waals surface area contributed by atoms with Gasteiger partial charge in [-0.3, -0.25) is 4.79 Å². The van der Waals surface area contributed by atoms with E-state index >= 15 is 0 Å². The lowest BCUT2D eigenvalue weighted by Crippen LogP contribution is -2.41. The number of aliphatic hydroxyl groups is 1. The van der Waals surface area contributed by atoms with Crippen LogP contribution in [0.15, 0.2) is 24.3 Å². The number of thioether (sulfide) groups is 1. The van der Waals surface area contributed by atoms with E-state index in [2.05, 4.69) is 20.1 Å². The number of nitrogens with zero attached hydrogens (tertiary/aromatic N) is 1. The van der Waals surface area contributed by atoms with E-state index in [9.17, 15) is 9.90 Å². The van der Waals surface area contributed by atoms with Crippen LogP contribution in [-0.4, -0.2) is 41.4 Å². The molecule has 0 fully saturated rings. The van der Waals surface area contributed by atoms with Crippen LogP contribution in [0, 0.1) is 0 Å². The summed E-state index contributed by atoms with van der Waals surface area (Å²) >= 11 is 1.74. The van der Waals surface area contributed by atoms with E-state index in [0.29, 0.717) is 6.54 Å². The zero-order chi connectivity index (χ0) is 15.0. The summed E-state index contributed by atoms with van der Waals surface area (Å²) < 4.78 is 0. The van der Waals surface area contributed by atoms with Crippen molar-refractivity contribution >= 4 is 17.7 Å². The largest absolute Gasteiger partial charge is 0.395 e. The number of aliphatic hydroxyl groups excluding tert-OH is 1. The van der Waals surface area contributed by atoms with Gasteiger partial charge in [0.1, 0.15) is 0 Å². The Hall–Kier alpha value is -1.00. The number of rotatable bonds is 8. The minimum atomic E-state index is 0.00669. The summed E-state index contributed by atoms with van der Waals surface area (Å²) in [5.74, 6) is 0.933. The molecule has 0 spiro atoms. The second kappa shape index (κ2) is 9.03. The Morgan fingerprint density at radius 3 is 2.60 bits per heavy atom. The lowest BCUT2D eigenvalue weighted by Gasteiger charge is -2.30. The van der Waals surface area contributed by atoms with Crippen molar-refractivity contribution in [1.82, 2.24) is 4.90 Å². The van der Waals surface area contributed by atoms with Crippen LogP contribution in [0.3, 0.4) is 0 Å². The van der Waals surface area contributed by atoms with Crippen LogP contribution >= 0.6 is 11.8 Å². The molecule has 1 rings (SSSR count). The molecule has 0 saturated heterocycles. The first-order valence-corrected chi connectivity index (χ1v) is 8.56. The van der Waals surface area contributed by atoms with E-state index in [4.69, 9.17) is 0 Å². The number of hydrogen-bond acceptors (Lipinski definition) is 3. The Morgan fingerprint density at radius 1 is 1.35 bits per heavy atom. The molecule has 1 aromatic rings. The fraction of sp³-hybridized carbons (Fsp3) is 0.562. The van der Waals surface area contributed by atoms with Crippen molar-refractivity contribution in [2.45, 2.75) is 38.5 Å². The zero-order valence-electron chi connectivity index (χ0n) is 12.6. The molecule has 1 N–H and O–H groups in total. The SMILES string of the molecule is CCC(CC)N(CCO)C(=O)c1cccc(CSC)c1. The van der Waals surface area contributed by atoms with Crippen LogP contribution in [0.1, 0.15) is 42.6 Å². The van der Waals surface area contributed by atoms with Crippen molar-refractivity contribution in [1.29, 1.82) is 0 Å². The Morgan fingerprint density at radius 2 is 2.05 bits per heavy atom. The standard InChI is InChI=1S/C16H25NO2S/c1-4-15(5-2)17(9-10-18)16(19)14-8-6-7-13(11-14)12-20-3/h6-8,11,15,18H,4-5,9-10,12H2,1-3H3. The quantitative estimate of drug-likeness (QED) is 0.801. The monoisotopic (exact) mass is 295 g/mol. The average Bonchev–Trinajstić information content (AvgIpc) is 2.47. The molecule has 0 aliphatic heterocycles. The van der Waals surface area contributed by atoms with Crippen molar-refractivity contribution in [3.8, 4) is 0 Å². The van der Waals surface area contributed by atoms with Gasteiger partial charge in [0.15, 0.2) is 0 Å². The summed E-state index contributed by atoms with van der Waals surface area (Å²) in [6.45, 7) is 4.57. The molecule has 4 heteroatoms. The topological polar surface area (TPSA) is 40.5 Å². The van der Waals surface area contributed by atoms with Crippen molar-refractivity contribution in [2.75, 3.05) is 19.4 Å². The van der Waals surface area contributed by atoms with Gasteiger partial charge in [0, 0.05) is 23.9 Å². The molecule has 20 heavy (non-hydrogen) atoms. The molecule has 0 radical (unpaired) electrons. The molecule has 1 aromatic carbocycles. The minimum absolute atomic E-state index is 0.00669. The third-order valence-electron chi connectivity index (χ3n) is 3.47. The molecule has 1 amide bonds. The average molecular weight is 295 g/mol. The van der Waals surface area contributed by atoms with Crippen LogP contribution in [0.2, 0.25) is 0 Å². The molecule has 0 saturated carbocycles. The highest BCUT2D eigenvalue weighted by molar-refractivity contribution is 7.97. The van der Waals surface area contributed by atoms with Crippen molar-refractivity contribution in [3.05, 3.63) is 35.4 Å². The minimum Gasteiger partial charge on any atom is -0.395 e. The highest BCUT2D eigenvalue weighted by atomic mass is 32.2.